The number of rotatable bonds is 4. The summed E-state index contributed by atoms with van der Waals surface area (Å²) in [5, 5.41) is 10.2. The Hall–Kier alpha value is -3.67. The first-order valence-electron chi connectivity index (χ1n) is 9.73. The third kappa shape index (κ3) is 3.76. The Bertz CT molecular complexity index is 1160. The number of ether oxygens (including phenoxy) is 1. The SMILES string of the molecule is CN(C)C(=O)COC(=O)c1c2c(nc3ccccc13)C(=Cc1ccc(O)cc1)CC2. The highest BCUT2D eigenvalue weighted by atomic mass is 16.5. The highest BCUT2D eigenvalue weighted by Gasteiger charge is 2.28. The normalized spacial score (nSPS) is 14.0. The highest BCUT2D eigenvalue weighted by Crippen LogP contribution is 2.37. The van der Waals surface area contributed by atoms with Gasteiger partial charge in [0.05, 0.1) is 16.8 Å². The summed E-state index contributed by atoms with van der Waals surface area (Å²) < 4.78 is 5.35. The van der Waals surface area contributed by atoms with Gasteiger partial charge in [-0.3, -0.25) is 4.79 Å². The maximum Gasteiger partial charge on any atom is 0.339 e. The van der Waals surface area contributed by atoms with Gasteiger partial charge in [-0.2, -0.15) is 0 Å². The minimum absolute atomic E-state index is 0.213. The van der Waals surface area contributed by atoms with E-state index in [-0.39, 0.29) is 18.3 Å². The van der Waals surface area contributed by atoms with Gasteiger partial charge in [-0.05, 0) is 53.8 Å². The Morgan fingerprint density at radius 1 is 1.10 bits per heavy atom. The van der Waals surface area contributed by atoms with Gasteiger partial charge in [0.25, 0.3) is 5.91 Å². The van der Waals surface area contributed by atoms with Gasteiger partial charge in [0.2, 0.25) is 0 Å². The van der Waals surface area contributed by atoms with Crippen molar-refractivity contribution in [1.29, 1.82) is 0 Å². The lowest BCUT2D eigenvalue weighted by molar-refractivity contribution is -0.131. The summed E-state index contributed by atoms with van der Waals surface area (Å²) in [6, 6.07) is 14.4. The van der Waals surface area contributed by atoms with Crippen LogP contribution in [0.1, 0.15) is 33.6 Å². The number of aromatic hydroxyl groups is 1. The summed E-state index contributed by atoms with van der Waals surface area (Å²) in [6.45, 7) is -0.298. The summed E-state index contributed by atoms with van der Waals surface area (Å²) in [5.74, 6) is -0.567. The van der Waals surface area contributed by atoms with Crippen molar-refractivity contribution in [3.63, 3.8) is 0 Å². The summed E-state index contributed by atoms with van der Waals surface area (Å²) in [4.78, 5) is 31.1. The average molecular weight is 402 g/mol. The number of amides is 1. The second kappa shape index (κ2) is 7.99. The molecule has 30 heavy (non-hydrogen) atoms. The van der Waals surface area contributed by atoms with E-state index in [0.717, 1.165) is 34.2 Å². The van der Waals surface area contributed by atoms with Gasteiger partial charge >= 0.3 is 5.97 Å². The summed E-state index contributed by atoms with van der Waals surface area (Å²) in [5.41, 5.74) is 4.80. The zero-order valence-corrected chi connectivity index (χ0v) is 16.9. The number of hydrogen-bond donors (Lipinski definition) is 1. The van der Waals surface area contributed by atoms with Crippen LogP contribution in [0.25, 0.3) is 22.6 Å². The Morgan fingerprint density at radius 2 is 1.83 bits per heavy atom. The predicted molar refractivity (Wildman–Crippen MR) is 115 cm³/mol. The van der Waals surface area contributed by atoms with Gasteiger partial charge in [0.15, 0.2) is 6.61 Å². The smallest absolute Gasteiger partial charge is 0.339 e. The Balaban J connectivity index is 1.77. The molecule has 6 nitrogen and oxygen atoms in total. The number of carbonyl (C=O) groups is 2. The topological polar surface area (TPSA) is 79.7 Å². The molecule has 0 atom stereocenters. The monoisotopic (exact) mass is 402 g/mol. The van der Waals surface area contributed by atoms with E-state index < -0.39 is 5.97 Å². The van der Waals surface area contributed by atoms with E-state index in [1.165, 1.54) is 4.90 Å². The zero-order chi connectivity index (χ0) is 21.3. The van der Waals surface area contributed by atoms with Crippen molar-refractivity contribution in [3.05, 3.63) is 70.9 Å². The molecule has 0 aliphatic heterocycles. The van der Waals surface area contributed by atoms with E-state index in [2.05, 4.69) is 0 Å². The molecule has 1 amide bonds. The second-order valence-corrected chi connectivity index (χ2v) is 7.46. The van der Waals surface area contributed by atoms with Crippen molar-refractivity contribution in [3.8, 4) is 5.75 Å². The Kier molecular flexibility index (Phi) is 5.23. The number of aromatic nitrogens is 1. The number of phenols is 1. The second-order valence-electron chi connectivity index (χ2n) is 7.46. The van der Waals surface area contributed by atoms with E-state index in [1.807, 2.05) is 42.5 Å². The lowest BCUT2D eigenvalue weighted by Crippen LogP contribution is -2.27. The van der Waals surface area contributed by atoms with Crippen molar-refractivity contribution in [2.24, 2.45) is 0 Å². The van der Waals surface area contributed by atoms with Crippen LogP contribution in [0.5, 0.6) is 5.75 Å². The van der Waals surface area contributed by atoms with Gasteiger partial charge < -0.3 is 14.7 Å². The van der Waals surface area contributed by atoms with E-state index in [1.54, 1.807) is 26.2 Å². The molecular weight excluding hydrogens is 380 g/mol. The number of likely N-dealkylation sites (N-methyl/N-ethyl adjacent to an activating group) is 1. The Morgan fingerprint density at radius 3 is 2.57 bits per heavy atom. The molecule has 1 aliphatic carbocycles. The Labute approximate surface area is 174 Å². The van der Waals surface area contributed by atoms with Crippen LogP contribution in [0, 0.1) is 0 Å². The predicted octanol–water partition coefficient (Wildman–Crippen LogP) is 3.67. The molecule has 0 spiro atoms. The fourth-order valence-electron chi connectivity index (χ4n) is 3.61. The molecule has 0 saturated heterocycles. The largest absolute Gasteiger partial charge is 0.508 e. The van der Waals surface area contributed by atoms with Crippen molar-refractivity contribution in [1.82, 2.24) is 9.88 Å². The number of allylic oxidation sites excluding steroid dienone is 1. The van der Waals surface area contributed by atoms with Crippen LogP contribution in [0.4, 0.5) is 0 Å². The molecule has 0 saturated carbocycles. The summed E-state index contributed by atoms with van der Waals surface area (Å²) in [7, 11) is 3.24. The number of carbonyl (C=O) groups excluding carboxylic acids is 2. The standard InChI is InChI=1S/C24H22N2O4/c1-26(2)21(28)14-30-24(29)22-18-5-3-4-6-20(18)25-23-16(9-12-19(22)23)13-15-7-10-17(27)11-8-15/h3-8,10-11,13,27H,9,12,14H2,1-2H3. The van der Waals surface area contributed by atoms with Crippen LogP contribution >= 0.6 is 0 Å². The van der Waals surface area contributed by atoms with E-state index in [9.17, 15) is 14.7 Å². The quantitative estimate of drug-likeness (QED) is 0.674. The van der Waals surface area contributed by atoms with E-state index >= 15 is 0 Å². The molecule has 1 heterocycles. The molecule has 6 heteroatoms. The maximum atomic E-state index is 13.0. The number of pyridine rings is 1. The number of para-hydroxylation sites is 1. The van der Waals surface area contributed by atoms with Crippen molar-refractivity contribution in [2.75, 3.05) is 20.7 Å². The van der Waals surface area contributed by atoms with Crippen molar-refractivity contribution < 1.29 is 19.4 Å². The first-order valence-corrected chi connectivity index (χ1v) is 9.73. The van der Waals surface area contributed by atoms with E-state index in [4.69, 9.17) is 9.72 Å². The van der Waals surface area contributed by atoms with Gasteiger partial charge in [0, 0.05) is 19.5 Å². The fraction of sp³-hybridized carbons (Fsp3) is 0.208. The van der Waals surface area contributed by atoms with Crippen molar-refractivity contribution in [2.45, 2.75) is 12.8 Å². The molecule has 152 valence electrons. The number of hydrogen-bond acceptors (Lipinski definition) is 5. The van der Waals surface area contributed by atoms with Gasteiger partial charge in [0.1, 0.15) is 5.75 Å². The van der Waals surface area contributed by atoms with Gasteiger partial charge in [-0.25, -0.2) is 9.78 Å². The summed E-state index contributed by atoms with van der Waals surface area (Å²) in [6.07, 6.45) is 3.44. The van der Waals surface area contributed by atoms with E-state index in [0.29, 0.717) is 17.5 Å². The number of phenolic OH excluding ortho intramolecular Hbond substituents is 1. The lowest BCUT2D eigenvalue weighted by atomic mass is 10.0. The lowest BCUT2D eigenvalue weighted by Gasteiger charge is -2.14. The third-order valence-corrected chi connectivity index (χ3v) is 5.21. The first-order chi connectivity index (χ1) is 14.4. The van der Waals surface area contributed by atoms with Crippen LogP contribution in [0.3, 0.4) is 0 Å². The van der Waals surface area contributed by atoms with Crippen LogP contribution < -0.4 is 0 Å². The molecule has 1 aromatic heterocycles. The fourth-order valence-corrected chi connectivity index (χ4v) is 3.61. The zero-order valence-electron chi connectivity index (χ0n) is 16.9. The number of esters is 1. The number of nitrogens with zero attached hydrogens (tertiary/aromatic N) is 2. The molecule has 0 radical (unpaired) electrons. The molecule has 0 unspecified atom stereocenters. The third-order valence-electron chi connectivity index (χ3n) is 5.21. The van der Waals surface area contributed by atoms with Crippen LogP contribution in [0.15, 0.2) is 48.5 Å². The molecule has 0 bridgehead atoms. The van der Waals surface area contributed by atoms with Crippen LogP contribution in [-0.4, -0.2) is 47.6 Å². The van der Waals surface area contributed by atoms with Crippen LogP contribution in [0.2, 0.25) is 0 Å². The van der Waals surface area contributed by atoms with Gasteiger partial charge in [-0.1, -0.05) is 30.3 Å². The molecule has 1 aliphatic rings. The molecule has 4 rings (SSSR count). The molecule has 0 fully saturated rings. The molecule has 3 aromatic rings. The number of benzene rings is 2. The minimum Gasteiger partial charge on any atom is -0.508 e. The molecule has 2 aromatic carbocycles. The molecular formula is C24H22N2O4. The minimum atomic E-state index is -0.508. The maximum absolute atomic E-state index is 13.0. The highest BCUT2D eigenvalue weighted by molar-refractivity contribution is 6.07. The summed E-state index contributed by atoms with van der Waals surface area (Å²) >= 11 is 0. The molecule has 1 N–H and O–H groups in total. The average Bonchev–Trinajstić information content (AvgIpc) is 3.13. The van der Waals surface area contributed by atoms with Gasteiger partial charge in [-0.15, -0.1) is 0 Å². The first kappa shape index (κ1) is 19.6. The van der Waals surface area contributed by atoms with Crippen molar-refractivity contribution >= 4 is 34.4 Å². The van der Waals surface area contributed by atoms with Crippen LogP contribution in [-0.2, 0) is 16.0 Å². The number of fused-ring (bicyclic) bond motifs is 2.